The van der Waals surface area contributed by atoms with E-state index in [4.69, 9.17) is 4.74 Å². The summed E-state index contributed by atoms with van der Waals surface area (Å²) in [4.78, 5) is 19.3. The Kier molecular flexibility index (Phi) is 6.33. The van der Waals surface area contributed by atoms with Crippen LogP contribution in [0.4, 0.5) is 11.5 Å². The molecule has 1 aliphatic rings. The molecular formula is C18H21BrN4O4S. The Morgan fingerprint density at radius 3 is 2.64 bits per heavy atom. The predicted molar refractivity (Wildman–Crippen MR) is 110 cm³/mol. The van der Waals surface area contributed by atoms with Crippen molar-refractivity contribution in [3.8, 4) is 0 Å². The van der Waals surface area contributed by atoms with Gasteiger partial charge in [0, 0.05) is 43.4 Å². The third-order valence-corrected chi connectivity index (χ3v) is 7.11. The van der Waals surface area contributed by atoms with Gasteiger partial charge < -0.3 is 15.0 Å². The van der Waals surface area contributed by atoms with E-state index in [0.29, 0.717) is 42.3 Å². The number of pyridine rings is 1. The number of ether oxygens (including phenoxy) is 1. The SMILES string of the molecule is CN(C)S(=O)(=O)c1cc(C(=O)Nc2cccnc2N2CCOCC2)ccc1Br. The van der Waals surface area contributed by atoms with Crippen molar-refractivity contribution in [3.63, 3.8) is 0 Å². The van der Waals surface area contributed by atoms with Gasteiger partial charge in [0.15, 0.2) is 5.82 Å². The normalized spacial score (nSPS) is 14.9. The van der Waals surface area contributed by atoms with E-state index in [1.54, 1.807) is 30.5 Å². The first-order chi connectivity index (χ1) is 13.3. The Morgan fingerprint density at radius 2 is 1.96 bits per heavy atom. The molecule has 0 spiro atoms. The summed E-state index contributed by atoms with van der Waals surface area (Å²) in [6.45, 7) is 2.57. The lowest BCUT2D eigenvalue weighted by Crippen LogP contribution is -2.37. The van der Waals surface area contributed by atoms with Gasteiger partial charge in [-0.25, -0.2) is 17.7 Å². The number of amides is 1. The van der Waals surface area contributed by atoms with Crippen LogP contribution >= 0.6 is 15.9 Å². The molecule has 0 radical (unpaired) electrons. The molecule has 1 aromatic heterocycles. The van der Waals surface area contributed by atoms with Crippen LogP contribution in [0.5, 0.6) is 0 Å². The van der Waals surface area contributed by atoms with Gasteiger partial charge in [-0.1, -0.05) is 0 Å². The number of aromatic nitrogens is 1. The predicted octanol–water partition coefficient (Wildman–Crippen LogP) is 2.18. The van der Waals surface area contributed by atoms with Crippen LogP contribution in [-0.2, 0) is 14.8 Å². The topological polar surface area (TPSA) is 91.8 Å². The summed E-state index contributed by atoms with van der Waals surface area (Å²) in [7, 11) is -0.803. The summed E-state index contributed by atoms with van der Waals surface area (Å²) in [5, 5.41) is 2.84. The molecule has 28 heavy (non-hydrogen) atoms. The number of sulfonamides is 1. The van der Waals surface area contributed by atoms with Gasteiger partial charge in [-0.15, -0.1) is 0 Å². The zero-order chi connectivity index (χ0) is 20.3. The highest BCUT2D eigenvalue weighted by molar-refractivity contribution is 9.10. The van der Waals surface area contributed by atoms with Crippen molar-refractivity contribution in [2.75, 3.05) is 50.6 Å². The molecule has 3 rings (SSSR count). The van der Waals surface area contributed by atoms with E-state index in [1.807, 2.05) is 4.90 Å². The number of hydrogen-bond acceptors (Lipinski definition) is 6. The molecule has 8 nitrogen and oxygen atoms in total. The molecule has 1 amide bonds. The van der Waals surface area contributed by atoms with Gasteiger partial charge in [0.1, 0.15) is 0 Å². The number of nitrogens with one attached hydrogen (secondary N) is 1. The van der Waals surface area contributed by atoms with Crippen LogP contribution in [0.1, 0.15) is 10.4 Å². The number of carbonyl (C=O) groups is 1. The van der Waals surface area contributed by atoms with E-state index >= 15 is 0 Å². The van der Waals surface area contributed by atoms with Gasteiger partial charge in [0.05, 0.1) is 23.8 Å². The molecular weight excluding hydrogens is 448 g/mol. The fourth-order valence-corrected chi connectivity index (χ4v) is 4.60. The minimum Gasteiger partial charge on any atom is -0.378 e. The van der Waals surface area contributed by atoms with Gasteiger partial charge in [-0.2, -0.15) is 0 Å². The van der Waals surface area contributed by atoms with E-state index in [9.17, 15) is 13.2 Å². The number of morpholine rings is 1. The van der Waals surface area contributed by atoms with Crippen LogP contribution in [-0.4, -0.2) is 64.0 Å². The molecule has 0 bridgehead atoms. The van der Waals surface area contributed by atoms with E-state index < -0.39 is 15.9 Å². The monoisotopic (exact) mass is 468 g/mol. The standard InChI is InChI=1S/C18H21BrN4O4S/c1-22(2)28(25,26)16-12-13(5-6-14(16)19)18(24)21-15-4-3-7-20-17(15)23-8-10-27-11-9-23/h3-7,12H,8-11H2,1-2H3,(H,21,24). The van der Waals surface area contributed by atoms with E-state index in [1.165, 1.54) is 20.2 Å². The molecule has 1 aliphatic heterocycles. The molecule has 0 saturated carbocycles. The Bertz CT molecular complexity index is 975. The Morgan fingerprint density at radius 1 is 1.25 bits per heavy atom. The quantitative estimate of drug-likeness (QED) is 0.722. The van der Waals surface area contributed by atoms with Crippen LogP contribution in [0.3, 0.4) is 0 Å². The largest absolute Gasteiger partial charge is 0.378 e. The summed E-state index contributed by atoms with van der Waals surface area (Å²) in [5.41, 5.74) is 0.801. The highest BCUT2D eigenvalue weighted by atomic mass is 79.9. The van der Waals surface area contributed by atoms with E-state index in [-0.39, 0.29) is 10.5 Å². The summed E-state index contributed by atoms with van der Waals surface area (Å²) in [6.07, 6.45) is 1.67. The van der Waals surface area contributed by atoms with Crippen molar-refractivity contribution in [2.45, 2.75) is 4.90 Å². The average molecular weight is 469 g/mol. The van der Waals surface area contributed by atoms with Crippen molar-refractivity contribution in [1.82, 2.24) is 9.29 Å². The number of rotatable bonds is 5. The lowest BCUT2D eigenvalue weighted by Gasteiger charge is -2.29. The molecule has 1 fully saturated rings. The third-order valence-electron chi connectivity index (χ3n) is 4.30. The molecule has 2 heterocycles. The third kappa shape index (κ3) is 4.35. The number of anilines is 2. The second-order valence-corrected chi connectivity index (χ2v) is 9.34. The molecule has 0 aliphatic carbocycles. The average Bonchev–Trinajstić information content (AvgIpc) is 2.69. The number of nitrogens with zero attached hydrogens (tertiary/aromatic N) is 3. The smallest absolute Gasteiger partial charge is 0.255 e. The van der Waals surface area contributed by atoms with Crippen molar-refractivity contribution in [2.24, 2.45) is 0 Å². The fraction of sp³-hybridized carbons (Fsp3) is 0.333. The van der Waals surface area contributed by atoms with Gasteiger partial charge in [-0.05, 0) is 46.3 Å². The fourth-order valence-electron chi connectivity index (χ4n) is 2.76. The van der Waals surface area contributed by atoms with Crippen molar-refractivity contribution >= 4 is 43.4 Å². The molecule has 0 unspecified atom stereocenters. The van der Waals surface area contributed by atoms with E-state index in [2.05, 4.69) is 26.2 Å². The maximum absolute atomic E-state index is 12.8. The summed E-state index contributed by atoms with van der Waals surface area (Å²) in [5.74, 6) is 0.252. The lowest BCUT2D eigenvalue weighted by molar-refractivity contribution is 0.102. The number of hydrogen-bond donors (Lipinski definition) is 1. The molecule has 2 aromatic rings. The first-order valence-corrected chi connectivity index (χ1v) is 10.8. The van der Waals surface area contributed by atoms with Gasteiger partial charge in [0.2, 0.25) is 10.0 Å². The molecule has 0 atom stereocenters. The van der Waals surface area contributed by atoms with Crippen LogP contribution in [0.15, 0.2) is 45.9 Å². The van der Waals surface area contributed by atoms with Crippen LogP contribution in [0.2, 0.25) is 0 Å². The summed E-state index contributed by atoms with van der Waals surface area (Å²) < 4.78 is 31.8. The van der Waals surface area contributed by atoms with Crippen molar-refractivity contribution in [3.05, 3.63) is 46.6 Å². The second kappa shape index (κ2) is 8.56. The Hall–Kier alpha value is -2.01. The van der Waals surface area contributed by atoms with Gasteiger partial charge in [0.25, 0.3) is 5.91 Å². The molecule has 1 N–H and O–H groups in total. The number of benzene rings is 1. The van der Waals surface area contributed by atoms with Gasteiger partial charge >= 0.3 is 0 Å². The zero-order valence-electron chi connectivity index (χ0n) is 15.6. The molecule has 1 aromatic carbocycles. The first-order valence-electron chi connectivity index (χ1n) is 8.62. The molecule has 150 valence electrons. The Balaban J connectivity index is 1.89. The Labute approximate surface area is 172 Å². The lowest BCUT2D eigenvalue weighted by atomic mass is 10.2. The van der Waals surface area contributed by atoms with Crippen molar-refractivity contribution < 1.29 is 17.9 Å². The highest BCUT2D eigenvalue weighted by Gasteiger charge is 2.23. The molecule has 10 heteroatoms. The first kappa shape index (κ1) is 20.7. The summed E-state index contributed by atoms with van der Waals surface area (Å²) in [6, 6.07) is 7.99. The minimum atomic E-state index is -3.69. The van der Waals surface area contributed by atoms with Crippen LogP contribution in [0, 0.1) is 0 Å². The van der Waals surface area contributed by atoms with Crippen LogP contribution < -0.4 is 10.2 Å². The maximum atomic E-state index is 12.8. The number of halogens is 1. The van der Waals surface area contributed by atoms with Crippen LogP contribution in [0.25, 0.3) is 0 Å². The summed E-state index contributed by atoms with van der Waals surface area (Å²) >= 11 is 3.25. The number of carbonyl (C=O) groups excluding carboxylic acids is 1. The highest BCUT2D eigenvalue weighted by Crippen LogP contribution is 2.27. The minimum absolute atomic E-state index is 0.0322. The zero-order valence-corrected chi connectivity index (χ0v) is 18.0. The maximum Gasteiger partial charge on any atom is 0.255 e. The van der Waals surface area contributed by atoms with Gasteiger partial charge in [-0.3, -0.25) is 4.79 Å². The van der Waals surface area contributed by atoms with E-state index in [0.717, 1.165) is 4.31 Å². The second-order valence-electron chi connectivity index (χ2n) is 6.36. The van der Waals surface area contributed by atoms with Crippen molar-refractivity contribution in [1.29, 1.82) is 0 Å². The molecule has 1 saturated heterocycles.